The van der Waals surface area contributed by atoms with Crippen molar-refractivity contribution in [3.8, 4) is 0 Å². The fraction of sp³-hybridized carbons (Fsp3) is 0.417. The lowest BCUT2D eigenvalue weighted by molar-refractivity contribution is -0.368. The number of carbonyl (C=O) groups is 3. The van der Waals surface area contributed by atoms with Gasteiger partial charge in [-0.05, 0) is 74.5 Å². The lowest BCUT2D eigenvalue weighted by Crippen LogP contribution is -2.54. The normalized spacial score (nSPS) is 10.2. The van der Waals surface area contributed by atoms with Gasteiger partial charge in [0.05, 0.1) is 25.6 Å². The highest BCUT2D eigenvalue weighted by Gasteiger charge is 2.29. The zero-order valence-corrected chi connectivity index (χ0v) is 27.1. The van der Waals surface area contributed by atoms with Crippen LogP contribution in [0.25, 0.3) is 0 Å². The maximum atomic E-state index is 10.1. The van der Waals surface area contributed by atoms with Gasteiger partial charge in [-0.15, -0.1) is 0 Å². The molecule has 0 atom stereocenters. The Balaban J connectivity index is 0.000000588. The standard InChI is InChI=1S/3C10H15N.C6H8O7/c3*11-9-5-4-8-10-6-2-1-3-7-10;7-3(8)1-6(13,5(11)12)2-4(9)10/h3*1-3,6-7H,4-5,8-9,11H2;13H,1-2H2,(H,7,8)(H,9,10)(H,11,12). The van der Waals surface area contributed by atoms with Crippen molar-refractivity contribution in [1.82, 2.24) is 0 Å². The van der Waals surface area contributed by atoms with Gasteiger partial charge in [0.15, 0.2) is 0 Å². The Kier molecular flexibility index (Phi) is 24.8. The molecule has 0 aliphatic heterocycles. The van der Waals surface area contributed by atoms with Gasteiger partial charge in [0.2, 0.25) is 0 Å². The first-order valence-electron chi connectivity index (χ1n) is 15.9. The zero-order valence-electron chi connectivity index (χ0n) is 27.1. The summed E-state index contributed by atoms with van der Waals surface area (Å²) in [6, 6.07) is 31.9. The molecule has 10 heteroatoms. The number of benzene rings is 3. The van der Waals surface area contributed by atoms with Crippen molar-refractivity contribution >= 4 is 17.9 Å². The molecule has 3 aromatic carbocycles. The summed E-state index contributed by atoms with van der Waals surface area (Å²) < 4.78 is 0. The molecule has 0 unspecified atom stereocenters. The number of aryl methyl sites for hydroxylation is 3. The lowest BCUT2D eigenvalue weighted by atomic mass is 9.96. The molecule has 0 saturated carbocycles. The first-order chi connectivity index (χ1) is 22.1. The van der Waals surface area contributed by atoms with E-state index in [1.807, 2.05) is 0 Å². The number of rotatable bonds is 17. The van der Waals surface area contributed by atoms with Crippen LogP contribution in [0.15, 0.2) is 91.0 Å². The molecule has 0 saturated heterocycles. The molecule has 0 amide bonds. The molecule has 0 heterocycles. The van der Waals surface area contributed by atoms with Crippen molar-refractivity contribution in [1.29, 1.82) is 0 Å². The molecule has 0 spiro atoms. The van der Waals surface area contributed by atoms with Crippen LogP contribution in [0.5, 0.6) is 0 Å². The maximum absolute atomic E-state index is 10.1. The van der Waals surface area contributed by atoms with Crippen molar-refractivity contribution in [3.63, 3.8) is 0 Å². The number of quaternary nitrogens is 3. The minimum atomic E-state index is -2.97. The molecule has 46 heavy (non-hydrogen) atoms. The molecule has 10 nitrogen and oxygen atoms in total. The van der Waals surface area contributed by atoms with E-state index >= 15 is 0 Å². The number of carboxylic acids is 3. The number of hydrogen-bond donors (Lipinski definition) is 4. The zero-order chi connectivity index (χ0) is 34.5. The second-order valence-corrected chi connectivity index (χ2v) is 10.8. The van der Waals surface area contributed by atoms with Gasteiger partial charge in [0, 0.05) is 24.8 Å². The summed E-state index contributed by atoms with van der Waals surface area (Å²) in [6.07, 6.45) is 8.45. The van der Waals surface area contributed by atoms with E-state index in [1.54, 1.807) is 0 Å². The number of unbranched alkanes of at least 4 members (excludes halogenated alkanes) is 3. The third-order valence-corrected chi connectivity index (χ3v) is 6.68. The van der Waals surface area contributed by atoms with Crippen LogP contribution in [0.1, 0.15) is 68.1 Å². The Morgan fingerprint density at radius 3 is 0.957 bits per heavy atom. The van der Waals surface area contributed by atoms with Crippen LogP contribution >= 0.6 is 0 Å². The van der Waals surface area contributed by atoms with Gasteiger partial charge in [-0.25, -0.2) is 0 Å². The average Bonchev–Trinajstić information content (AvgIpc) is 3.03. The summed E-state index contributed by atoms with van der Waals surface area (Å²) in [5.74, 6) is -5.98. The molecule has 0 radical (unpaired) electrons. The molecule has 254 valence electrons. The predicted octanol–water partition coefficient (Wildman–Crippen LogP) is -1.50. The number of carbonyl (C=O) groups excluding carboxylic acids is 3. The molecule has 3 rings (SSSR count). The predicted molar refractivity (Wildman–Crippen MR) is 171 cm³/mol. The maximum Gasteiger partial charge on any atom is 0.114 e. The summed E-state index contributed by atoms with van der Waals surface area (Å²) in [5, 5.41) is 38.9. The number of aliphatic hydroxyl groups is 1. The van der Waals surface area contributed by atoms with E-state index < -0.39 is 36.4 Å². The summed E-state index contributed by atoms with van der Waals surface area (Å²) in [4.78, 5) is 30.0. The minimum absolute atomic E-state index is 1.06. The first kappa shape index (κ1) is 41.9. The van der Waals surface area contributed by atoms with Gasteiger partial charge in [0.25, 0.3) is 0 Å². The van der Waals surface area contributed by atoms with Gasteiger partial charge in [-0.1, -0.05) is 91.0 Å². The van der Waals surface area contributed by atoms with Crippen LogP contribution in [-0.2, 0) is 33.6 Å². The van der Waals surface area contributed by atoms with E-state index in [1.165, 1.54) is 74.5 Å². The van der Waals surface area contributed by atoms with Crippen LogP contribution in [0.4, 0.5) is 0 Å². The molecule has 10 N–H and O–H groups in total. The summed E-state index contributed by atoms with van der Waals surface area (Å²) in [5.41, 5.74) is 12.8. The summed E-state index contributed by atoms with van der Waals surface area (Å²) >= 11 is 0. The molecule has 0 aliphatic rings. The van der Waals surface area contributed by atoms with Crippen LogP contribution in [0.3, 0.4) is 0 Å². The van der Waals surface area contributed by atoms with Crippen LogP contribution in [0, 0.1) is 0 Å². The van der Waals surface area contributed by atoms with Crippen molar-refractivity contribution in [2.75, 3.05) is 19.6 Å². The second-order valence-electron chi connectivity index (χ2n) is 10.8. The largest absolute Gasteiger partial charge is 0.550 e. The van der Waals surface area contributed by atoms with Gasteiger partial charge in [0.1, 0.15) is 5.60 Å². The van der Waals surface area contributed by atoms with Crippen LogP contribution in [-0.4, -0.2) is 48.2 Å². The third-order valence-electron chi connectivity index (χ3n) is 6.68. The number of hydrogen-bond acceptors (Lipinski definition) is 7. The molecule has 0 aromatic heterocycles. The number of carboxylic acid groups (broad SMARTS) is 3. The van der Waals surface area contributed by atoms with Crippen molar-refractivity contribution in [2.45, 2.75) is 76.2 Å². The molecular formula is C36H53N3O7. The molecular weight excluding hydrogens is 586 g/mol. The molecule has 3 aromatic rings. The fourth-order valence-corrected chi connectivity index (χ4v) is 4.14. The highest BCUT2D eigenvalue weighted by molar-refractivity contribution is 5.86. The number of aliphatic carboxylic acids is 3. The van der Waals surface area contributed by atoms with Gasteiger partial charge in [-0.2, -0.15) is 0 Å². The average molecular weight is 640 g/mol. The Morgan fingerprint density at radius 1 is 0.500 bits per heavy atom. The van der Waals surface area contributed by atoms with E-state index in [9.17, 15) is 29.7 Å². The highest BCUT2D eigenvalue weighted by Crippen LogP contribution is 2.13. The van der Waals surface area contributed by atoms with Crippen molar-refractivity contribution in [2.24, 2.45) is 0 Å². The Hall–Kier alpha value is -4.09. The van der Waals surface area contributed by atoms with Crippen LogP contribution in [0.2, 0.25) is 0 Å². The second kappa shape index (κ2) is 27.2. The quantitative estimate of drug-likeness (QED) is 0.128. The van der Waals surface area contributed by atoms with Crippen molar-refractivity contribution < 1.29 is 52.0 Å². The lowest BCUT2D eigenvalue weighted by Gasteiger charge is -2.29. The van der Waals surface area contributed by atoms with E-state index in [-0.39, 0.29) is 0 Å². The van der Waals surface area contributed by atoms with Crippen LogP contribution < -0.4 is 32.5 Å². The Labute approximate surface area is 273 Å². The molecule has 0 bridgehead atoms. The molecule has 0 fully saturated rings. The highest BCUT2D eigenvalue weighted by atomic mass is 16.4. The first-order valence-corrected chi connectivity index (χ1v) is 15.9. The van der Waals surface area contributed by atoms with E-state index in [4.69, 9.17) is 5.11 Å². The Morgan fingerprint density at radius 2 is 0.761 bits per heavy atom. The smallest absolute Gasteiger partial charge is 0.114 e. The SMILES string of the molecule is O=C([O-])CC(O)(CC(=O)[O-])C(=O)[O-].[NH3+]CCCCc1ccccc1.[NH3+]CCCCc1ccccc1.[NH3+]CCCCc1ccccc1. The van der Waals surface area contributed by atoms with Gasteiger partial charge >= 0.3 is 0 Å². The minimum Gasteiger partial charge on any atom is -0.550 e. The fourth-order valence-electron chi connectivity index (χ4n) is 4.14. The van der Waals surface area contributed by atoms with E-state index in [2.05, 4.69) is 108 Å². The van der Waals surface area contributed by atoms with Crippen molar-refractivity contribution in [3.05, 3.63) is 108 Å². The summed E-state index contributed by atoms with van der Waals surface area (Å²) in [6.45, 7) is 3.19. The third kappa shape index (κ3) is 23.3. The molecule has 0 aliphatic carbocycles. The monoisotopic (exact) mass is 639 g/mol. The van der Waals surface area contributed by atoms with E-state index in [0.29, 0.717) is 0 Å². The van der Waals surface area contributed by atoms with E-state index in [0.717, 1.165) is 19.6 Å². The Bertz CT molecular complexity index is 1060. The topological polar surface area (TPSA) is 224 Å². The van der Waals surface area contributed by atoms with Gasteiger partial charge in [-0.3, -0.25) is 0 Å². The summed E-state index contributed by atoms with van der Waals surface area (Å²) in [7, 11) is 0. The van der Waals surface area contributed by atoms with Gasteiger partial charge < -0.3 is 52.0 Å².